The molecular weight excluding hydrogens is 253 g/mol. The molecule has 56 valence electrons. The van der Waals surface area contributed by atoms with E-state index in [9.17, 15) is 0 Å². The lowest BCUT2D eigenvalue weighted by atomic mass is 10.3. The van der Waals surface area contributed by atoms with Gasteiger partial charge in [-0.3, -0.25) is 0 Å². The van der Waals surface area contributed by atoms with E-state index in [4.69, 9.17) is 5.41 Å². The molecule has 0 aliphatic rings. The largest absolute Gasteiger partial charge is 0.308 e. The summed E-state index contributed by atoms with van der Waals surface area (Å²) in [6.45, 7) is 0. The van der Waals surface area contributed by atoms with Gasteiger partial charge in [-0.25, -0.2) is 9.98 Å². The highest BCUT2D eigenvalue weighted by molar-refractivity contribution is 14.1. The first-order chi connectivity index (χ1) is 5.38. The molecule has 1 aromatic rings. The van der Waals surface area contributed by atoms with Gasteiger partial charge in [-0.2, -0.15) is 0 Å². The molecule has 0 atom stereocenters. The van der Waals surface area contributed by atoms with Crippen LogP contribution in [-0.2, 0) is 0 Å². The van der Waals surface area contributed by atoms with Crippen molar-refractivity contribution in [3.05, 3.63) is 23.9 Å². The van der Waals surface area contributed by atoms with E-state index in [1.54, 1.807) is 22.6 Å². The maximum absolute atomic E-state index is 7.02. The molecule has 0 saturated heterocycles. The van der Waals surface area contributed by atoms with E-state index >= 15 is 0 Å². The summed E-state index contributed by atoms with van der Waals surface area (Å²) in [7, 11) is 0. The minimum absolute atomic E-state index is 0.594. The number of halogens is 1. The topological polar surface area (TPSA) is 49.1 Å². The van der Waals surface area contributed by atoms with Gasteiger partial charge in [-0.1, -0.05) is 0 Å². The molecule has 0 fully saturated rings. The van der Waals surface area contributed by atoms with E-state index in [2.05, 4.69) is 9.98 Å². The van der Waals surface area contributed by atoms with Crippen molar-refractivity contribution in [2.75, 3.05) is 0 Å². The second-order valence-electron chi connectivity index (χ2n) is 1.79. The third-order valence-electron chi connectivity index (χ3n) is 1.14. The standard InChI is InChI=1S/C7H6IN3/c8-5-11-7-6(4-9)2-1-3-10-7/h1-5,9H. The van der Waals surface area contributed by atoms with Gasteiger partial charge in [0.2, 0.25) is 0 Å². The number of nitrogens with zero attached hydrogens (tertiary/aromatic N) is 2. The van der Waals surface area contributed by atoms with Crippen LogP contribution in [0.25, 0.3) is 0 Å². The van der Waals surface area contributed by atoms with Gasteiger partial charge in [-0.15, -0.1) is 0 Å². The maximum atomic E-state index is 7.02. The third-order valence-corrected chi connectivity index (χ3v) is 1.42. The monoisotopic (exact) mass is 259 g/mol. The molecule has 0 aliphatic heterocycles. The Morgan fingerprint density at radius 2 is 2.45 bits per heavy atom. The lowest BCUT2D eigenvalue weighted by Crippen LogP contribution is -1.82. The minimum Gasteiger partial charge on any atom is -0.308 e. The molecule has 0 amide bonds. The second kappa shape index (κ2) is 4.17. The van der Waals surface area contributed by atoms with Gasteiger partial charge in [0.1, 0.15) is 0 Å². The summed E-state index contributed by atoms with van der Waals surface area (Å²) in [6.07, 6.45) is 2.90. The molecule has 1 rings (SSSR count). The molecule has 1 aromatic heterocycles. The van der Waals surface area contributed by atoms with E-state index in [1.165, 1.54) is 6.21 Å². The molecule has 1 heterocycles. The molecule has 3 nitrogen and oxygen atoms in total. The number of hydrogen-bond donors (Lipinski definition) is 1. The van der Waals surface area contributed by atoms with Crippen molar-refractivity contribution in [2.24, 2.45) is 4.99 Å². The maximum Gasteiger partial charge on any atom is 0.161 e. The van der Waals surface area contributed by atoms with Crippen molar-refractivity contribution in [3.63, 3.8) is 0 Å². The number of aromatic nitrogens is 1. The highest BCUT2D eigenvalue weighted by Gasteiger charge is 1.94. The first kappa shape index (κ1) is 8.32. The predicted octanol–water partition coefficient (Wildman–Crippen LogP) is 2.17. The molecule has 0 aliphatic carbocycles. The first-order valence-corrected chi connectivity index (χ1v) is 4.21. The summed E-state index contributed by atoms with van der Waals surface area (Å²) in [5, 5.41) is 7.02. The van der Waals surface area contributed by atoms with E-state index in [0.29, 0.717) is 5.82 Å². The van der Waals surface area contributed by atoms with Crippen LogP contribution in [0.5, 0.6) is 0 Å². The smallest absolute Gasteiger partial charge is 0.161 e. The van der Waals surface area contributed by atoms with Gasteiger partial charge in [0.25, 0.3) is 0 Å². The van der Waals surface area contributed by atoms with Crippen LogP contribution in [0.15, 0.2) is 23.3 Å². The zero-order valence-electron chi connectivity index (χ0n) is 5.66. The van der Waals surface area contributed by atoms with Gasteiger partial charge in [-0.05, 0) is 34.7 Å². The Labute approximate surface area is 78.2 Å². The van der Waals surface area contributed by atoms with E-state index in [0.717, 1.165) is 5.56 Å². The third kappa shape index (κ3) is 2.07. The van der Waals surface area contributed by atoms with Crippen LogP contribution in [0.2, 0.25) is 0 Å². The van der Waals surface area contributed by atoms with Crippen LogP contribution >= 0.6 is 22.6 Å². The van der Waals surface area contributed by atoms with E-state index in [-0.39, 0.29) is 0 Å². The summed E-state index contributed by atoms with van der Waals surface area (Å²) in [5.41, 5.74) is 0.736. The Bertz CT molecular complexity index is 283. The average molecular weight is 259 g/mol. The molecule has 0 unspecified atom stereocenters. The summed E-state index contributed by atoms with van der Waals surface area (Å²) >= 11 is 2.02. The van der Waals surface area contributed by atoms with Gasteiger partial charge in [0, 0.05) is 18.0 Å². The van der Waals surface area contributed by atoms with Crippen LogP contribution in [0.3, 0.4) is 0 Å². The zero-order chi connectivity index (χ0) is 8.10. The molecule has 0 saturated carbocycles. The highest BCUT2D eigenvalue weighted by Crippen LogP contribution is 2.11. The minimum atomic E-state index is 0.594. The Morgan fingerprint density at radius 1 is 1.64 bits per heavy atom. The van der Waals surface area contributed by atoms with Crippen molar-refractivity contribution >= 4 is 38.8 Å². The van der Waals surface area contributed by atoms with Crippen LogP contribution in [0.1, 0.15) is 5.56 Å². The van der Waals surface area contributed by atoms with Gasteiger partial charge < -0.3 is 5.41 Å². The molecule has 11 heavy (non-hydrogen) atoms. The normalized spacial score (nSPS) is 10.3. The van der Waals surface area contributed by atoms with Crippen LogP contribution in [-0.4, -0.2) is 15.4 Å². The number of nitrogens with one attached hydrogen (secondary N) is 1. The molecule has 1 N–H and O–H groups in total. The van der Waals surface area contributed by atoms with Crippen LogP contribution < -0.4 is 0 Å². The van der Waals surface area contributed by atoms with Crippen molar-refractivity contribution in [2.45, 2.75) is 0 Å². The molecule has 0 bridgehead atoms. The van der Waals surface area contributed by atoms with Crippen molar-refractivity contribution in [1.82, 2.24) is 4.98 Å². The quantitative estimate of drug-likeness (QED) is 0.642. The fourth-order valence-electron chi connectivity index (χ4n) is 0.676. The lowest BCUT2D eigenvalue weighted by Gasteiger charge is -1.94. The number of pyridine rings is 1. The van der Waals surface area contributed by atoms with Crippen LogP contribution in [0, 0.1) is 5.41 Å². The fourth-order valence-corrected chi connectivity index (χ4v) is 0.940. The number of rotatable bonds is 2. The van der Waals surface area contributed by atoms with E-state index in [1.807, 2.05) is 22.6 Å². The average Bonchev–Trinajstić information content (AvgIpc) is 2.06. The summed E-state index contributed by atoms with van der Waals surface area (Å²) in [6, 6.07) is 3.59. The van der Waals surface area contributed by atoms with Crippen molar-refractivity contribution < 1.29 is 0 Å². The zero-order valence-corrected chi connectivity index (χ0v) is 7.82. The van der Waals surface area contributed by atoms with Crippen molar-refractivity contribution in [3.8, 4) is 0 Å². The fraction of sp³-hybridized carbons (Fsp3) is 0. The first-order valence-electron chi connectivity index (χ1n) is 2.96. The van der Waals surface area contributed by atoms with Crippen molar-refractivity contribution in [1.29, 1.82) is 5.41 Å². The van der Waals surface area contributed by atoms with Gasteiger partial charge in [0.15, 0.2) is 5.82 Å². The number of aliphatic imine (C=N–C) groups is 1. The molecule has 0 aromatic carbocycles. The summed E-state index contributed by atoms with van der Waals surface area (Å²) in [5.74, 6) is 0.594. The van der Waals surface area contributed by atoms with Gasteiger partial charge >= 0.3 is 0 Å². The SMILES string of the molecule is N=Cc1cccnc1N=CI. The Balaban J connectivity index is 3.11. The summed E-state index contributed by atoms with van der Waals surface area (Å²) < 4.78 is 1.63. The second-order valence-corrected chi connectivity index (χ2v) is 2.34. The highest BCUT2D eigenvalue weighted by atomic mass is 127. The predicted molar refractivity (Wildman–Crippen MR) is 54.3 cm³/mol. The molecular formula is C7H6IN3. The summed E-state index contributed by atoms with van der Waals surface area (Å²) in [4.78, 5) is 7.96. The lowest BCUT2D eigenvalue weighted by molar-refractivity contribution is 1.27. The molecule has 0 spiro atoms. The Morgan fingerprint density at radius 3 is 3.09 bits per heavy atom. The van der Waals surface area contributed by atoms with Gasteiger partial charge in [0.05, 0.1) is 4.22 Å². The Hall–Kier alpha value is -0.780. The van der Waals surface area contributed by atoms with E-state index < -0.39 is 0 Å². The molecule has 0 radical (unpaired) electrons. The Kier molecular flexibility index (Phi) is 3.15. The number of hydrogen-bond acceptors (Lipinski definition) is 3. The molecule has 4 heteroatoms. The van der Waals surface area contributed by atoms with Crippen LogP contribution in [0.4, 0.5) is 5.82 Å².